The van der Waals surface area contributed by atoms with Crippen LogP contribution in [0.25, 0.3) is 0 Å². The highest BCUT2D eigenvalue weighted by molar-refractivity contribution is 6.01. The number of ether oxygens (including phenoxy) is 1. The maximum absolute atomic E-state index is 13.3. The summed E-state index contributed by atoms with van der Waals surface area (Å²) in [5.41, 5.74) is 3.25. The van der Waals surface area contributed by atoms with Crippen molar-refractivity contribution in [3.8, 4) is 0 Å². The van der Waals surface area contributed by atoms with E-state index in [0.29, 0.717) is 17.8 Å². The summed E-state index contributed by atoms with van der Waals surface area (Å²) in [6.07, 6.45) is -3.28. The van der Waals surface area contributed by atoms with Crippen molar-refractivity contribution in [3.63, 3.8) is 0 Å². The van der Waals surface area contributed by atoms with Gasteiger partial charge in [0.05, 0.1) is 11.7 Å². The predicted molar refractivity (Wildman–Crippen MR) is 103 cm³/mol. The van der Waals surface area contributed by atoms with Gasteiger partial charge in [0.15, 0.2) is 0 Å². The van der Waals surface area contributed by atoms with Gasteiger partial charge < -0.3 is 19.5 Å². The number of hydrogen-bond acceptors (Lipinski definition) is 3. The fourth-order valence-corrected chi connectivity index (χ4v) is 4.27. The maximum atomic E-state index is 13.3. The third-order valence-corrected chi connectivity index (χ3v) is 5.69. The van der Waals surface area contributed by atoms with E-state index in [1.54, 1.807) is 24.3 Å². The topological polar surface area (TPSA) is 46.5 Å². The molecule has 2 aliphatic rings. The van der Waals surface area contributed by atoms with Crippen molar-refractivity contribution in [2.45, 2.75) is 51.7 Å². The van der Waals surface area contributed by atoms with Crippen molar-refractivity contribution in [3.05, 3.63) is 52.8 Å². The van der Waals surface area contributed by atoms with Crippen LogP contribution in [0, 0.1) is 13.8 Å². The number of halogens is 3. The van der Waals surface area contributed by atoms with Crippen LogP contribution in [-0.2, 0) is 11.3 Å². The molecule has 0 saturated carbocycles. The van der Waals surface area contributed by atoms with Crippen LogP contribution in [0.15, 0.2) is 30.3 Å². The van der Waals surface area contributed by atoms with Crippen LogP contribution < -0.4 is 5.32 Å². The lowest BCUT2D eigenvalue weighted by molar-refractivity contribution is -0.144. The number of benzene rings is 1. The van der Waals surface area contributed by atoms with Crippen LogP contribution in [0.1, 0.15) is 46.3 Å². The van der Waals surface area contributed by atoms with E-state index in [9.17, 15) is 18.0 Å². The molecule has 5 nitrogen and oxygen atoms in total. The van der Waals surface area contributed by atoms with Gasteiger partial charge in [-0.25, -0.2) is 0 Å². The Morgan fingerprint density at radius 2 is 2.00 bits per heavy atom. The van der Waals surface area contributed by atoms with E-state index >= 15 is 0 Å². The SMILES string of the molecule is Cc1cc([C@@H]2Nc3ccccc3C(=O)N2CC(F)(F)F)c(C)n1C[C@@H]1CCCO1. The third-order valence-electron chi connectivity index (χ3n) is 5.69. The molecule has 0 bridgehead atoms. The Balaban J connectivity index is 1.72. The van der Waals surface area contributed by atoms with Crippen molar-refractivity contribution >= 4 is 11.6 Å². The molecule has 156 valence electrons. The lowest BCUT2D eigenvalue weighted by Gasteiger charge is -2.38. The molecule has 2 atom stereocenters. The van der Waals surface area contributed by atoms with Gasteiger partial charge in [-0.2, -0.15) is 13.2 Å². The number of carbonyl (C=O) groups excluding carboxylic acids is 1. The molecular weight excluding hydrogens is 383 g/mol. The fraction of sp³-hybridized carbons (Fsp3) is 0.476. The number of aryl methyl sites for hydroxylation is 1. The summed E-state index contributed by atoms with van der Waals surface area (Å²) in [6, 6.07) is 8.54. The summed E-state index contributed by atoms with van der Waals surface area (Å²) in [4.78, 5) is 13.8. The number of carbonyl (C=O) groups is 1. The second-order valence-corrected chi connectivity index (χ2v) is 7.71. The number of alkyl halides is 3. The van der Waals surface area contributed by atoms with Crippen molar-refractivity contribution in [1.82, 2.24) is 9.47 Å². The number of amides is 1. The van der Waals surface area contributed by atoms with Gasteiger partial charge in [-0.15, -0.1) is 0 Å². The van der Waals surface area contributed by atoms with Crippen molar-refractivity contribution in [2.75, 3.05) is 18.5 Å². The van der Waals surface area contributed by atoms with Crippen LogP contribution in [-0.4, -0.2) is 40.8 Å². The van der Waals surface area contributed by atoms with E-state index in [2.05, 4.69) is 9.88 Å². The summed E-state index contributed by atoms with van der Waals surface area (Å²) >= 11 is 0. The van der Waals surface area contributed by atoms with Crippen LogP contribution in [0.5, 0.6) is 0 Å². The number of aromatic nitrogens is 1. The minimum atomic E-state index is -4.49. The van der Waals surface area contributed by atoms with E-state index in [4.69, 9.17) is 4.74 Å². The van der Waals surface area contributed by atoms with Gasteiger partial charge in [-0.1, -0.05) is 12.1 Å². The highest BCUT2D eigenvalue weighted by atomic mass is 19.4. The molecule has 0 spiro atoms. The molecule has 1 fully saturated rings. The lowest BCUT2D eigenvalue weighted by Crippen LogP contribution is -2.47. The van der Waals surface area contributed by atoms with Crippen molar-refractivity contribution in [2.24, 2.45) is 0 Å². The normalized spacial score (nSPS) is 22.0. The molecule has 8 heteroatoms. The van der Waals surface area contributed by atoms with E-state index in [1.807, 2.05) is 19.9 Å². The van der Waals surface area contributed by atoms with Crippen LogP contribution in [0.3, 0.4) is 0 Å². The van der Waals surface area contributed by atoms with E-state index in [-0.39, 0.29) is 11.7 Å². The Kier molecular flexibility index (Phi) is 5.06. The van der Waals surface area contributed by atoms with Crippen LogP contribution >= 0.6 is 0 Å². The first-order chi connectivity index (χ1) is 13.7. The molecule has 0 unspecified atom stereocenters. The van der Waals surface area contributed by atoms with Gasteiger partial charge in [0.1, 0.15) is 12.7 Å². The Morgan fingerprint density at radius 3 is 2.69 bits per heavy atom. The highest BCUT2D eigenvalue weighted by Gasteiger charge is 2.41. The number of anilines is 1. The van der Waals surface area contributed by atoms with Gasteiger partial charge in [0.25, 0.3) is 5.91 Å². The first-order valence-corrected chi connectivity index (χ1v) is 9.76. The summed E-state index contributed by atoms with van der Waals surface area (Å²) in [5, 5.41) is 3.15. The number of nitrogens with one attached hydrogen (secondary N) is 1. The third kappa shape index (κ3) is 3.85. The zero-order valence-electron chi connectivity index (χ0n) is 16.4. The summed E-state index contributed by atoms with van der Waals surface area (Å²) < 4.78 is 47.7. The number of rotatable bonds is 4. The Bertz CT molecular complexity index is 916. The zero-order chi connectivity index (χ0) is 20.8. The van der Waals surface area contributed by atoms with Gasteiger partial charge in [0, 0.05) is 35.8 Å². The molecule has 2 aromatic rings. The largest absolute Gasteiger partial charge is 0.406 e. The quantitative estimate of drug-likeness (QED) is 0.817. The molecule has 29 heavy (non-hydrogen) atoms. The second-order valence-electron chi connectivity index (χ2n) is 7.71. The summed E-state index contributed by atoms with van der Waals surface area (Å²) in [5.74, 6) is -0.620. The molecule has 0 radical (unpaired) electrons. The van der Waals surface area contributed by atoms with Gasteiger partial charge in [0.2, 0.25) is 0 Å². The molecule has 1 saturated heterocycles. The van der Waals surface area contributed by atoms with Crippen LogP contribution in [0.4, 0.5) is 18.9 Å². The summed E-state index contributed by atoms with van der Waals surface area (Å²) in [7, 11) is 0. The lowest BCUT2D eigenvalue weighted by atomic mass is 10.0. The number of fused-ring (bicyclic) bond motifs is 1. The Hall–Kier alpha value is -2.48. The maximum Gasteiger partial charge on any atom is 0.406 e. The zero-order valence-corrected chi connectivity index (χ0v) is 16.4. The molecule has 1 aromatic carbocycles. The monoisotopic (exact) mass is 407 g/mol. The molecule has 1 amide bonds. The molecule has 2 aliphatic heterocycles. The van der Waals surface area contributed by atoms with E-state index in [1.165, 1.54) is 0 Å². The highest BCUT2D eigenvalue weighted by Crippen LogP contribution is 2.37. The summed E-state index contributed by atoms with van der Waals surface area (Å²) in [6.45, 7) is 3.90. The smallest absolute Gasteiger partial charge is 0.376 e. The number of hydrogen-bond donors (Lipinski definition) is 1. The average molecular weight is 407 g/mol. The minimum absolute atomic E-state index is 0.112. The van der Waals surface area contributed by atoms with Gasteiger partial charge in [-0.05, 0) is 44.9 Å². The van der Waals surface area contributed by atoms with Crippen molar-refractivity contribution in [1.29, 1.82) is 0 Å². The predicted octanol–water partition coefficient (Wildman–Crippen LogP) is 4.41. The first kappa shape index (κ1) is 19.8. The minimum Gasteiger partial charge on any atom is -0.376 e. The molecule has 0 aliphatic carbocycles. The Labute approximate surface area is 167 Å². The molecular formula is C21H24F3N3O2. The van der Waals surface area contributed by atoms with Gasteiger partial charge >= 0.3 is 6.18 Å². The average Bonchev–Trinajstić information content (AvgIpc) is 3.27. The van der Waals surface area contributed by atoms with Gasteiger partial charge in [-0.3, -0.25) is 4.79 Å². The van der Waals surface area contributed by atoms with E-state index < -0.39 is 24.8 Å². The second kappa shape index (κ2) is 7.40. The molecule has 4 rings (SSSR count). The number of nitrogens with zero attached hydrogens (tertiary/aromatic N) is 2. The fourth-order valence-electron chi connectivity index (χ4n) is 4.27. The van der Waals surface area contributed by atoms with Crippen molar-refractivity contribution < 1.29 is 22.7 Å². The van der Waals surface area contributed by atoms with Crippen LogP contribution in [0.2, 0.25) is 0 Å². The Morgan fingerprint density at radius 1 is 1.24 bits per heavy atom. The standard InChI is InChI=1S/C21H24F3N3O2/c1-13-10-17(14(2)26(13)11-15-6-5-9-29-15)19-25-18-8-4-3-7-16(18)20(28)27(19)12-21(22,23)24/h3-4,7-8,10,15,19,25H,5-6,9,11-12H2,1-2H3/t15-,19+/m0/s1. The molecule has 3 heterocycles. The molecule has 1 aromatic heterocycles. The first-order valence-electron chi connectivity index (χ1n) is 9.76. The number of para-hydroxylation sites is 1. The van der Waals surface area contributed by atoms with E-state index in [0.717, 1.165) is 35.7 Å². The molecule has 1 N–H and O–H groups in total.